The largest absolute Gasteiger partial charge is 0.496 e. The van der Waals surface area contributed by atoms with Gasteiger partial charge in [-0.25, -0.2) is 0 Å². The van der Waals surface area contributed by atoms with Crippen LogP contribution in [-0.4, -0.2) is 37.0 Å². The first-order valence-corrected chi connectivity index (χ1v) is 6.64. The zero-order valence-corrected chi connectivity index (χ0v) is 11.7. The van der Waals surface area contributed by atoms with Crippen molar-refractivity contribution >= 4 is 11.6 Å². The normalized spacial score (nSPS) is 19.0. The molecule has 2 heterocycles. The number of hydrogen-bond acceptors (Lipinski definition) is 6. The molecule has 0 bridgehead atoms. The zero-order valence-electron chi connectivity index (χ0n) is 10.9. The monoisotopic (exact) mass is 295 g/mol. The topological polar surface area (TPSA) is 69.4 Å². The van der Waals surface area contributed by atoms with E-state index in [9.17, 15) is 0 Å². The summed E-state index contributed by atoms with van der Waals surface area (Å²) in [4.78, 5) is 4.39. The molecule has 1 aromatic carbocycles. The quantitative estimate of drug-likeness (QED) is 0.935. The van der Waals surface area contributed by atoms with E-state index in [1.807, 2.05) is 0 Å². The van der Waals surface area contributed by atoms with Crippen molar-refractivity contribution in [2.24, 2.45) is 0 Å². The first-order valence-electron chi connectivity index (χ1n) is 6.26. The highest BCUT2D eigenvalue weighted by Gasteiger charge is 2.22. The second kappa shape index (κ2) is 5.78. The first-order chi connectivity index (χ1) is 9.78. The maximum Gasteiger partial charge on any atom is 0.261 e. The first kappa shape index (κ1) is 13.4. The van der Waals surface area contributed by atoms with Crippen molar-refractivity contribution in [1.82, 2.24) is 15.5 Å². The van der Waals surface area contributed by atoms with Gasteiger partial charge in [-0.15, -0.1) is 0 Å². The lowest BCUT2D eigenvalue weighted by Gasteiger charge is -2.20. The molecule has 0 saturated carbocycles. The van der Waals surface area contributed by atoms with Crippen molar-refractivity contribution in [1.29, 1.82) is 0 Å². The fourth-order valence-corrected chi connectivity index (χ4v) is 2.24. The van der Waals surface area contributed by atoms with Crippen LogP contribution in [0.1, 0.15) is 11.9 Å². The van der Waals surface area contributed by atoms with E-state index in [2.05, 4.69) is 15.5 Å². The molecule has 1 N–H and O–H groups in total. The Labute approximate surface area is 121 Å². The molecule has 7 heteroatoms. The Kier molecular flexibility index (Phi) is 3.86. The Balaban J connectivity index is 1.91. The molecule has 0 radical (unpaired) electrons. The SMILES string of the molecule is COc1ccc(Cl)cc1-c1nc(C2COCCN2)no1. The van der Waals surface area contributed by atoms with Gasteiger partial charge in [-0.05, 0) is 18.2 Å². The van der Waals surface area contributed by atoms with E-state index in [1.54, 1.807) is 25.3 Å². The summed E-state index contributed by atoms with van der Waals surface area (Å²) in [5.41, 5.74) is 0.676. The van der Waals surface area contributed by atoms with Gasteiger partial charge in [0.2, 0.25) is 0 Å². The van der Waals surface area contributed by atoms with Crippen LogP contribution in [0.4, 0.5) is 0 Å². The fourth-order valence-electron chi connectivity index (χ4n) is 2.06. The minimum absolute atomic E-state index is 0.0496. The fraction of sp³-hybridized carbons (Fsp3) is 0.385. The third-order valence-corrected chi connectivity index (χ3v) is 3.30. The summed E-state index contributed by atoms with van der Waals surface area (Å²) >= 11 is 6.00. The van der Waals surface area contributed by atoms with Crippen LogP contribution in [0.25, 0.3) is 11.5 Å². The molecule has 1 aromatic heterocycles. The predicted octanol–water partition coefficient (Wildman–Crippen LogP) is 2.06. The van der Waals surface area contributed by atoms with E-state index < -0.39 is 0 Å². The van der Waals surface area contributed by atoms with Crippen molar-refractivity contribution < 1.29 is 14.0 Å². The molecule has 2 aromatic rings. The summed E-state index contributed by atoms with van der Waals surface area (Å²) in [6, 6.07) is 5.20. The zero-order chi connectivity index (χ0) is 13.9. The number of nitrogens with one attached hydrogen (secondary N) is 1. The van der Waals surface area contributed by atoms with Gasteiger partial charge in [0.1, 0.15) is 5.75 Å². The molecular formula is C13H14ClN3O3. The van der Waals surface area contributed by atoms with Gasteiger partial charge in [0.15, 0.2) is 5.82 Å². The summed E-state index contributed by atoms with van der Waals surface area (Å²) in [5, 5.41) is 7.85. The maximum atomic E-state index is 6.00. The Morgan fingerprint density at radius 2 is 2.35 bits per heavy atom. The summed E-state index contributed by atoms with van der Waals surface area (Å²) < 4.78 is 16.0. The van der Waals surface area contributed by atoms with Gasteiger partial charge < -0.3 is 19.3 Å². The Morgan fingerprint density at radius 1 is 1.45 bits per heavy atom. The van der Waals surface area contributed by atoms with Gasteiger partial charge in [-0.2, -0.15) is 4.98 Å². The number of nitrogens with zero attached hydrogens (tertiary/aromatic N) is 2. The lowest BCUT2D eigenvalue weighted by atomic mass is 10.2. The Morgan fingerprint density at radius 3 is 3.10 bits per heavy atom. The van der Waals surface area contributed by atoms with Gasteiger partial charge in [-0.1, -0.05) is 16.8 Å². The molecule has 3 rings (SSSR count). The van der Waals surface area contributed by atoms with Gasteiger partial charge in [0, 0.05) is 11.6 Å². The maximum absolute atomic E-state index is 6.00. The summed E-state index contributed by atoms with van der Waals surface area (Å²) in [5.74, 6) is 1.59. The number of morpholine rings is 1. The van der Waals surface area contributed by atoms with E-state index in [1.165, 1.54) is 0 Å². The third-order valence-electron chi connectivity index (χ3n) is 3.07. The van der Waals surface area contributed by atoms with Gasteiger partial charge in [0.25, 0.3) is 5.89 Å². The average molecular weight is 296 g/mol. The molecule has 1 saturated heterocycles. The van der Waals surface area contributed by atoms with Gasteiger partial charge >= 0.3 is 0 Å². The van der Waals surface area contributed by atoms with Gasteiger partial charge in [0.05, 0.1) is 31.9 Å². The van der Waals surface area contributed by atoms with Crippen molar-refractivity contribution in [2.45, 2.75) is 6.04 Å². The number of halogens is 1. The van der Waals surface area contributed by atoms with E-state index in [4.69, 9.17) is 25.6 Å². The Bertz CT molecular complexity index is 596. The number of ether oxygens (including phenoxy) is 2. The van der Waals surface area contributed by atoms with Crippen LogP contribution in [0.3, 0.4) is 0 Å². The molecule has 106 valence electrons. The molecule has 1 atom stereocenters. The van der Waals surface area contributed by atoms with Crippen LogP contribution in [0.5, 0.6) is 5.75 Å². The standard InChI is InChI=1S/C13H14ClN3O3/c1-18-11-3-2-8(14)6-9(11)13-16-12(17-20-13)10-7-19-5-4-15-10/h2-3,6,10,15H,4-5,7H2,1H3. The highest BCUT2D eigenvalue weighted by atomic mass is 35.5. The second-order valence-electron chi connectivity index (χ2n) is 4.38. The number of methoxy groups -OCH3 is 1. The number of aromatic nitrogens is 2. The second-order valence-corrected chi connectivity index (χ2v) is 4.82. The molecule has 0 aliphatic carbocycles. The van der Waals surface area contributed by atoms with Crippen LogP contribution < -0.4 is 10.1 Å². The predicted molar refractivity (Wildman–Crippen MR) is 72.9 cm³/mol. The molecule has 20 heavy (non-hydrogen) atoms. The van der Waals surface area contributed by atoms with Crippen molar-refractivity contribution in [3.63, 3.8) is 0 Å². The van der Waals surface area contributed by atoms with Crippen molar-refractivity contribution in [3.8, 4) is 17.2 Å². The van der Waals surface area contributed by atoms with Crippen LogP contribution in [0, 0.1) is 0 Å². The average Bonchev–Trinajstić information content (AvgIpc) is 2.98. The van der Waals surface area contributed by atoms with Crippen LogP contribution in [0.2, 0.25) is 5.02 Å². The molecule has 1 aliphatic rings. The summed E-state index contributed by atoms with van der Waals surface area (Å²) in [6.45, 7) is 2.00. The molecule has 0 spiro atoms. The highest BCUT2D eigenvalue weighted by molar-refractivity contribution is 6.30. The lowest BCUT2D eigenvalue weighted by molar-refractivity contribution is 0.0734. The van der Waals surface area contributed by atoms with Crippen LogP contribution in [-0.2, 0) is 4.74 Å². The van der Waals surface area contributed by atoms with Crippen LogP contribution >= 0.6 is 11.6 Å². The smallest absolute Gasteiger partial charge is 0.261 e. The molecule has 1 unspecified atom stereocenters. The van der Waals surface area contributed by atoms with Crippen LogP contribution in [0.15, 0.2) is 22.7 Å². The molecule has 0 amide bonds. The molecule has 6 nitrogen and oxygen atoms in total. The van der Waals surface area contributed by atoms with Crippen molar-refractivity contribution in [2.75, 3.05) is 26.9 Å². The Hall–Kier alpha value is -1.63. The summed E-state index contributed by atoms with van der Waals surface area (Å²) in [7, 11) is 1.58. The third kappa shape index (κ3) is 2.63. The van der Waals surface area contributed by atoms with Crippen molar-refractivity contribution in [3.05, 3.63) is 29.0 Å². The summed E-state index contributed by atoms with van der Waals surface area (Å²) in [6.07, 6.45) is 0. The molecule has 1 fully saturated rings. The minimum Gasteiger partial charge on any atom is -0.496 e. The van der Waals surface area contributed by atoms with Gasteiger partial charge in [-0.3, -0.25) is 0 Å². The lowest BCUT2D eigenvalue weighted by Crippen LogP contribution is -2.35. The highest BCUT2D eigenvalue weighted by Crippen LogP contribution is 2.31. The van der Waals surface area contributed by atoms with E-state index in [-0.39, 0.29) is 6.04 Å². The van der Waals surface area contributed by atoms with E-state index in [0.717, 1.165) is 6.54 Å². The number of rotatable bonds is 3. The minimum atomic E-state index is -0.0496. The molecular weight excluding hydrogens is 282 g/mol. The van der Waals surface area contributed by atoms with E-state index in [0.29, 0.717) is 41.3 Å². The number of benzene rings is 1. The number of hydrogen-bond donors (Lipinski definition) is 1. The van der Waals surface area contributed by atoms with E-state index >= 15 is 0 Å². The molecule has 1 aliphatic heterocycles.